The summed E-state index contributed by atoms with van der Waals surface area (Å²) in [6, 6.07) is 2.09. The second-order valence-electron chi connectivity index (χ2n) is 2.17. The molecule has 50 valence electrons. The molecule has 1 saturated heterocycles. The predicted octanol–water partition coefficient (Wildman–Crippen LogP) is 0.624. The maximum atomic E-state index is 9.13. The third-order valence-electron chi connectivity index (χ3n) is 1.49. The lowest BCUT2D eigenvalue weighted by Crippen LogP contribution is -2.26. The fraction of sp³-hybridized carbons (Fsp3) is 0.833. The number of hydrogen-bond acceptors (Lipinski definition) is 3. The molecule has 0 aromatic carbocycles. The van der Waals surface area contributed by atoms with Crippen LogP contribution in [0.25, 0.3) is 0 Å². The van der Waals surface area contributed by atoms with Crippen LogP contribution in [0.15, 0.2) is 0 Å². The Kier molecular flexibility index (Phi) is 2.38. The van der Waals surface area contributed by atoms with E-state index in [9.17, 15) is 0 Å². The van der Waals surface area contributed by atoms with Gasteiger partial charge in [-0.05, 0) is 12.2 Å². The zero-order chi connectivity index (χ0) is 6.69. The van der Waals surface area contributed by atoms with Gasteiger partial charge >= 0.3 is 0 Å². The van der Waals surface area contributed by atoms with E-state index in [1.807, 2.05) is 0 Å². The van der Waals surface area contributed by atoms with Gasteiger partial charge in [0.2, 0.25) is 0 Å². The minimum absolute atomic E-state index is 0.105. The lowest BCUT2D eigenvalue weighted by atomic mass is 10.0. The number of rotatable bonds is 0. The molecular weight excluding hydrogens is 134 g/mol. The van der Waals surface area contributed by atoms with Crippen LogP contribution in [-0.4, -0.2) is 22.7 Å². The summed E-state index contributed by atoms with van der Waals surface area (Å²) in [6.45, 7) is 0. The summed E-state index contributed by atoms with van der Waals surface area (Å²) in [4.78, 5) is 0. The van der Waals surface area contributed by atoms with Crippen LogP contribution in [-0.2, 0) is 0 Å². The first-order valence-electron chi connectivity index (χ1n) is 3.00. The van der Waals surface area contributed by atoms with E-state index in [0.717, 1.165) is 17.9 Å². The molecule has 2 nitrogen and oxygen atoms in total. The normalized spacial score (nSPS) is 35.6. The highest BCUT2D eigenvalue weighted by molar-refractivity contribution is 7.99. The molecule has 0 unspecified atom stereocenters. The van der Waals surface area contributed by atoms with Crippen molar-refractivity contribution >= 4 is 11.8 Å². The molecule has 1 aliphatic rings. The Bertz CT molecular complexity index is 132. The standard InChI is InChI=1S/C6H9NOS/c7-3-5-1-2-9-4-6(5)8/h5-6,8H,1-2,4H2/t5-,6+/m1/s1. The number of aliphatic hydroxyl groups excluding tert-OH is 1. The van der Waals surface area contributed by atoms with Crippen LogP contribution in [0.2, 0.25) is 0 Å². The van der Waals surface area contributed by atoms with Gasteiger partial charge in [-0.2, -0.15) is 17.0 Å². The predicted molar refractivity (Wildman–Crippen MR) is 37.1 cm³/mol. The van der Waals surface area contributed by atoms with Gasteiger partial charge in [0.1, 0.15) is 0 Å². The zero-order valence-electron chi connectivity index (χ0n) is 5.08. The van der Waals surface area contributed by atoms with E-state index in [-0.39, 0.29) is 12.0 Å². The topological polar surface area (TPSA) is 44.0 Å². The van der Waals surface area contributed by atoms with Gasteiger partial charge in [-0.25, -0.2) is 0 Å². The summed E-state index contributed by atoms with van der Waals surface area (Å²) in [5.74, 6) is 1.65. The third-order valence-corrected chi connectivity index (χ3v) is 2.59. The monoisotopic (exact) mass is 143 g/mol. The first-order chi connectivity index (χ1) is 4.34. The van der Waals surface area contributed by atoms with Crippen molar-refractivity contribution in [2.45, 2.75) is 12.5 Å². The molecule has 1 N–H and O–H groups in total. The Morgan fingerprint density at radius 1 is 1.67 bits per heavy atom. The minimum Gasteiger partial charge on any atom is -0.391 e. The largest absolute Gasteiger partial charge is 0.391 e. The van der Waals surface area contributed by atoms with Crippen molar-refractivity contribution < 1.29 is 5.11 Å². The Morgan fingerprint density at radius 3 is 2.89 bits per heavy atom. The van der Waals surface area contributed by atoms with Gasteiger partial charge in [0, 0.05) is 5.75 Å². The lowest BCUT2D eigenvalue weighted by molar-refractivity contribution is 0.151. The fourth-order valence-electron chi connectivity index (χ4n) is 0.874. The Morgan fingerprint density at radius 2 is 2.44 bits per heavy atom. The van der Waals surface area contributed by atoms with E-state index < -0.39 is 0 Å². The number of hydrogen-bond donors (Lipinski definition) is 1. The highest BCUT2D eigenvalue weighted by Gasteiger charge is 2.22. The van der Waals surface area contributed by atoms with Crippen molar-refractivity contribution in [3.05, 3.63) is 0 Å². The molecule has 0 saturated carbocycles. The molecule has 2 atom stereocenters. The van der Waals surface area contributed by atoms with Crippen molar-refractivity contribution in [2.24, 2.45) is 5.92 Å². The van der Waals surface area contributed by atoms with Gasteiger partial charge in [-0.15, -0.1) is 0 Å². The number of thioether (sulfide) groups is 1. The number of nitriles is 1. The number of nitrogens with zero attached hydrogens (tertiary/aromatic N) is 1. The molecule has 0 radical (unpaired) electrons. The second kappa shape index (κ2) is 3.09. The van der Waals surface area contributed by atoms with Crippen LogP contribution in [0.3, 0.4) is 0 Å². The van der Waals surface area contributed by atoms with Gasteiger partial charge in [0.25, 0.3) is 0 Å². The molecule has 0 aromatic rings. The molecule has 9 heavy (non-hydrogen) atoms. The molecule has 0 spiro atoms. The molecular formula is C6H9NOS. The Balaban J connectivity index is 2.41. The molecule has 1 rings (SSSR count). The first-order valence-corrected chi connectivity index (χ1v) is 4.15. The van der Waals surface area contributed by atoms with Crippen LogP contribution >= 0.6 is 11.8 Å². The summed E-state index contributed by atoms with van der Waals surface area (Å²) in [6.07, 6.45) is 0.469. The van der Waals surface area contributed by atoms with Crippen LogP contribution in [0.1, 0.15) is 6.42 Å². The van der Waals surface area contributed by atoms with Crippen molar-refractivity contribution in [3.8, 4) is 6.07 Å². The summed E-state index contributed by atoms with van der Waals surface area (Å²) in [5, 5.41) is 17.6. The van der Waals surface area contributed by atoms with Crippen molar-refractivity contribution in [1.29, 1.82) is 5.26 Å². The number of aliphatic hydroxyl groups is 1. The summed E-state index contributed by atoms with van der Waals surface area (Å²) in [5.41, 5.74) is 0. The van der Waals surface area contributed by atoms with E-state index in [2.05, 4.69) is 6.07 Å². The quantitative estimate of drug-likeness (QED) is 0.540. The van der Waals surface area contributed by atoms with Crippen LogP contribution < -0.4 is 0 Å². The summed E-state index contributed by atoms with van der Waals surface area (Å²) < 4.78 is 0. The van der Waals surface area contributed by atoms with Crippen LogP contribution in [0, 0.1) is 17.2 Å². The van der Waals surface area contributed by atoms with Crippen molar-refractivity contribution in [2.75, 3.05) is 11.5 Å². The van der Waals surface area contributed by atoms with Crippen LogP contribution in [0.4, 0.5) is 0 Å². The second-order valence-corrected chi connectivity index (χ2v) is 3.32. The lowest BCUT2D eigenvalue weighted by Gasteiger charge is -2.20. The summed E-state index contributed by atoms with van der Waals surface area (Å²) >= 11 is 1.72. The van der Waals surface area contributed by atoms with E-state index in [1.54, 1.807) is 11.8 Å². The van der Waals surface area contributed by atoms with Gasteiger partial charge < -0.3 is 5.11 Å². The molecule has 0 bridgehead atoms. The van der Waals surface area contributed by atoms with Gasteiger partial charge in [0.05, 0.1) is 18.1 Å². The van der Waals surface area contributed by atoms with Gasteiger partial charge in [0.15, 0.2) is 0 Å². The Hall–Kier alpha value is -0.200. The minimum atomic E-state index is -0.381. The molecule has 0 aliphatic carbocycles. The van der Waals surface area contributed by atoms with E-state index in [1.165, 1.54) is 0 Å². The Labute approximate surface area is 58.9 Å². The molecule has 0 aromatic heterocycles. The molecule has 3 heteroatoms. The molecule has 0 amide bonds. The molecule has 1 fully saturated rings. The zero-order valence-corrected chi connectivity index (χ0v) is 5.90. The smallest absolute Gasteiger partial charge is 0.0788 e. The van der Waals surface area contributed by atoms with Gasteiger partial charge in [-0.3, -0.25) is 0 Å². The van der Waals surface area contributed by atoms with E-state index in [0.29, 0.717) is 0 Å². The van der Waals surface area contributed by atoms with E-state index >= 15 is 0 Å². The maximum absolute atomic E-state index is 9.13. The average Bonchev–Trinajstić information content (AvgIpc) is 1.89. The van der Waals surface area contributed by atoms with Crippen LogP contribution in [0.5, 0.6) is 0 Å². The van der Waals surface area contributed by atoms with Crippen molar-refractivity contribution in [3.63, 3.8) is 0 Å². The molecule has 1 aliphatic heterocycles. The average molecular weight is 143 g/mol. The van der Waals surface area contributed by atoms with E-state index in [4.69, 9.17) is 10.4 Å². The fourth-order valence-corrected chi connectivity index (χ4v) is 1.93. The highest BCUT2D eigenvalue weighted by Crippen LogP contribution is 2.22. The maximum Gasteiger partial charge on any atom is 0.0788 e. The first kappa shape index (κ1) is 6.91. The molecule has 1 heterocycles. The third kappa shape index (κ3) is 1.60. The SMILES string of the molecule is N#C[C@H]1CCSC[C@@H]1O. The van der Waals surface area contributed by atoms with Gasteiger partial charge in [-0.1, -0.05) is 0 Å². The highest BCUT2D eigenvalue weighted by atomic mass is 32.2. The summed E-state index contributed by atoms with van der Waals surface area (Å²) in [7, 11) is 0. The van der Waals surface area contributed by atoms with Crippen molar-refractivity contribution in [1.82, 2.24) is 0 Å².